The highest BCUT2D eigenvalue weighted by Crippen LogP contribution is 2.69. The second-order valence-corrected chi connectivity index (χ2v) is 6.35. The molecular formula is C14H15BrO2. The third-order valence-corrected chi connectivity index (χ3v) is 4.76. The summed E-state index contributed by atoms with van der Waals surface area (Å²) in [5, 5.41) is 0. The predicted octanol–water partition coefficient (Wildman–Crippen LogP) is 3.43. The fraction of sp³-hybridized carbons (Fsp3) is 0.500. The molecule has 0 N–H and O–H groups in total. The second kappa shape index (κ2) is 3.58. The van der Waals surface area contributed by atoms with Crippen molar-refractivity contribution < 1.29 is 9.53 Å². The Kier molecular flexibility index (Phi) is 2.37. The summed E-state index contributed by atoms with van der Waals surface area (Å²) in [6, 6.07) is 8.06. The van der Waals surface area contributed by atoms with Crippen molar-refractivity contribution in [2.24, 2.45) is 5.41 Å². The first-order chi connectivity index (χ1) is 8.10. The zero-order valence-corrected chi connectivity index (χ0v) is 11.4. The van der Waals surface area contributed by atoms with E-state index in [1.807, 2.05) is 24.3 Å². The van der Waals surface area contributed by atoms with Crippen LogP contribution in [0.4, 0.5) is 0 Å². The maximum Gasteiger partial charge on any atom is 0.316 e. The lowest BCUT2D eigenvalue weighted by Gasteiger charge is -2.46. The number of carbonyl (C=O) groups is 1. The second-order valence-electron chi connectivity index (χ2n) is 5.44. The lowest BCUT2D eigenvalue weighted by Crippen LogP contribution is -2.49. The van der Waals surface area contributed by atoms with Gasteiger partial charge in [-0.3, -0.25) is 4.79 Å². The van der Waals surface area contributed by atoms with E-state index in [1.54, 1.807) is 0 Å². The van der Waals surface area contributed by atoms with Gasteiger partial charge in [-0.25, -0.2) is 0 Å². The van der Waals surface area contributed by atoms with Gasteiger partial charge in [-0.2, -0.15) is 0 Å². The number of ether oxygens (including phenoxy) is 1. The van der Waals surface area contributed by atoms with Crippen molar-refractivity contribution in [1.82, 2.24) is 0 Å². The number of benzene rings is 1. The molecule has 2 aliphatic carbocycles. The van der Waals surface area contributed by atoms with Gasteiger partial charge in [0, 0.05) is 4.47 Å². The summed E-state index contributed by atoms with van der Waals surface area (Å²) in [7, 11) is 1.49. The van der Waals surface area contributed by atoms with E-state index in [9.17, 15) is 4.79 Å². The lowest BCUT2D eigenvalue weighted by atomic mass is 9.56. The monoisotopic (exact) mass is 294 g/mol. The Balaban J connectivity index is 1.97. The number of halogens is 1. The maximum atomic E-state index is 12.1. The Bertz CT molecular complexity index is 469. The van der Waals surface area contributed by atoms with Crippen molar-refractivity contribution in [2.45, 2.75) is 31.1 Å². The fourth-order valence-electron chi connectivity index (χ4n) is 3.21. The van der Waals surface area contributed by atoms with Crippen molar-refractivity contribution in [3.8, 4) is 0 Å². The highest BCUT2D eigenvalue weighted by Gasteiger charge is 2.65. The van der Waals surface area contributed by atoms with Crippen LogP contribution in [-0.2, 0) is 14.9 Å². The van der Waals surface area contributed by atoms with Crippen molar-refractivity contribution in [3.63, 3.8) is 0 Å². The zero-order chi connectivity index (χ0) is 12.1. The maximum absolute atomic E-state index is 12.1. The van der Waals surface area contributed by atoms with Crippen LogP contribution < -0.4 is 0 Å². The van der Waals surface area contributed by atoms with Gasteiger partial charge in [0.1, 0.15) is 0 Å². The van der Waals surface area contributed by atoms with E-state index in [1.165, 1.54) is 20.0 Å². The van der Waals surface area contributed by atoms with Gasteiger partial charge >= 0.3 is 5.97 Å². The Morgan fingerprint density at radius 2 is 2.06 bits per heavy atom. The van der Waals surface area contributed by atoms with Gasteiger partial charge in [0.15, 0.2) is 0 Å². The summed E-state index contributed by atoms with van der Waals surface area (Å²) in [5.74, 6) is -0.0758. The van der Waals surface area contributed by atoms with Crippen molar-refractivity contribution in [3.05, 3.63) is 34.3 Å². The summed E-state index contributed by atoms with van der Waals surface area (Å²) < 4.78 is 6.04. The number of rotatable bonds is 2. The van der Waals surface area contributed by atoms with Crippen LogP contribution in [0.25, 0.3) is 0 Å². The average molecular weight is 295 g/mol. The first kappa shape index (κ1) is 11.3. The third-order valence-electron chi connectivity index (χ3n) is 4.26. The average Bonchev–Trinajstić information content (AvgIpc) is 3.05. The first-order valence-electron chi connectivity index (χ1n) is 5.95. The van der Waals surface area contributed by atoms with Gasteiger partial charge in [-0.1, -0.05) is 28.1 Å². The van der Waals surface area contributed by atoms with Gasteiger partial charge in [-0.15, -0.1) is 0 Å². The molecule has 0 saturated heterocycles. The number of carbonyl (C=O) groups excluding carboxylic acids is 1. The number of methoxy groups -OCH3 is 1. The molecule has 2 nitrogen and oxygen atoms in total. The van der Waals surface area contributed by atoms with Crippen LogP contribution in [0.15, 0.2) is 28.7 Å². The van der Waals surface area contributed by atoms with E-state index in [0.29, 0.717) is 5.41 Å². The number of hydrogen-bond donors (Lipinski definition) is 0. The van der Waals surface area contributed by atoms with E-state index in [-0.39, 0.29) is 11.4 Å². The third kappa shape index (κ3) is 1.63. The van der Waals surface area contributed by atoms with E-state index < -0.39 is 0 Å². The Labute approximate surface area is 109 Å². The molecule has 2 fully saturated rings. The van der Waals surface area contributed by atoms with Crippen LogP contribution in [0.5, 0.6) is 0 Å². The Hall–Kier alpha value is -0.830. The highest BCUT2D eigenvalue weighted by molar-refractivity contribution is 9.10. The SMILES string of the molecule is COC(=O)C1(c2cccc(Br)c2)CC2(CC2)C1. The first-order valence-corrected chi connectivity index (χ1v) is 6.74. The molecule has 90 valence electrons. The molecule has 0 atom stereocenters. The van der Waals surface area contributed by atoms with Gasteiger partial charge in [0.05, 0.1) is 12.5 Å². The summed E-state index contributed by atoms with van der Waals surface area (Å²) in [4.78, 5) is 12.1. The van der Waals surface area contributed by atoms with Crippen LogP contribution in [0, 0.1) is 5.41 Å². The minimum absolute atomic E-state index is 0.0758. The largest absolute Gasteiger partial charge is 0.468 e. The van der Waals surface area contributed by atoms with Crippen molar-refractivity contribution in [1.29, 1.82) is 0 Å². The van der Waals surface area contributed by atoms with Crippen molar-refractivity contribution in [2.75, 3.05) is 7.11 Å². The molecule has 1 spiro atoms. The van der Waals surface area contributed by atoms with Crippen LogP contribution in [0.1, 0.15) is 31.2 Å². The topological polar surface area (TPSA) is 26.3 Å². The molecule has 0 heterocycles. The summed E-state index contributed by atoms with van der Waals surface area (Å²) in [6.45, 7) is 0. The molecule has 0 aliphatic heterocycles. The lowest BCUT2D eigenvalue weighted by molar-refractivity contribution is -0.154. The van der Waals surface area contributed by atoms with E-state index >= 15 is 0 Å². The molecule has 1 aromatic carbocycles. The smallest absolute Gasteiger partial charge is 0.316 e. The minimum atomic E-state index is -0.380. The van der Waals surface area contributed by atoms with Gasteiger partial charge in [0.25, 0.3) is 0 Å². The van der Waals surface area contributed by atoms with Crippen molar-refractivity contribution >= 4 is 21.9 Å². The molecule has 3 heteroatoms. The van der Waals surface area contributed by atoms with Crippen LogP contribution in [0.3, 0.4) is 0 Å². The molecule has 0 radical (unpaired) electrons. The molecule has 0 amide bonds. The quantitative estimate of drug-likeness (QED) is 0.781. The molecule has 0 aromatic heterocycles. The van der Waals surface area contributed by atoms with Gasteiger partial charge < -0.3 is 4.74 Å². The van der Waals surface area contributed by atoms with E-state index in [2.05, 4.69) is 15.9 Å². The normalized spacial score (nSPS) is 22.9. The molecule has 17 heavy (non-hydrogen) atoms. The minimum Gasteiger partial charge on any atom is -0.468 e. The van der Waals surface area contributed by atoms with Crippen LogP contribution in [0.2, 0.25) is 0 Å². The summed E-state index contributed by atoms with van der Waals surface area (Å²) in [5.41, 5.74) is 1.18. The van der Waals surface area contributed by atoms with Gasteiger partial charge in [0.2, 0.25) is 0 Å². The van der Waals surface area contributed by atoms with Crippen LogP contribution in [-0.4, -0.2) is 13.1 Å². The Morgan fingerprint density at radius 1 is 1.35 bits per heavy atom. The molecule has 1 aromatic rings. The molecule has 2 aliphatic rings. The van der Waals surface area contributed by atoms with E-state index in [0.717, 1.165) is 22.9 Å². The van der Waals surface area contributed by atoms with E-state index in [4.69, 9.17) is 4.74 Å². The molecular weight excluding hydrogens is 280 g/mol. The summed E-state index contributed by atoms with van der Waals surface area (Å²) in [6.07, 6.45) is 4.48. The standard InChI is InChI=1S/C14H15BrO2/c1-17-12(16)14(8-13(9-14)5-6-13)10-3-2-4-11(15)7-10/h2-4,7H,5-6,8-9H2,1H3. The zero-order valence-electron chi connectivity index (χ0n) is 9.83. The van der Waals surface area contributed by atoms with Gasteiger partial charge in [-0.05, 0) is 48.8 Å². The van der Waals surface area contributed by atoms with Crippen LogP contribution >= 0.6 is 15.9 Å². The molecule has 0 bridgehead atoms. The Morgan fingerprint density at radius 3 is 2.59 bits per heavy atom. The predicted molar refractivity (Wildman–Crippen MR) is 68.7 cm³/mol. The molecule has 0 unspecified atom stereocenters. The number of hydrogen-bond acceptors (Lipinski definition) is 2. The molecule has 2 saturated carbocycles. The highest BCUT2D eigenvalue weighted by atomic mass is 79.9. The summed E-state index contributed by atoms with van der Waals surface area (Å²) >= 11 is 3.47. The number of esters is 1. The fourth-order valence-corrected chi connectivity index (χ4v) is 3.61. The molecule has 3 rings (SSSR count).